The predicted octanol–water partition coefficient (Wildman–Crippen LogP) is 1.42. The van der Waals surface area contributed by atoms with Crippen molar-refractivity contribution in [2.24, 2.45) is 0 Å². The molecule has 0 atom stereocenters. The maximum absolute atomic E-state index is 11.3. The second-order valence-electron chi connectivity index (χ2n) is 3.20. The zero-order valence-corrected chi connectivity index (χ0v) is 9.46. The van der Waals surface area contributed by atoms with Gasteiger partial charge >= 0.3 is 10.3 Å². The van der Waals surface area contributed by atoms with Crippen molar-refractivity contribution >= 4 is 21.9 Å². The summed E-state index contributed by atoms with van der Waals surface area (Å²) in [4.78, 5) is 0. The van der Waals surface area contributed by atoms with Crippen LogP contribution >= 0.6 is 11.6 Å². The third-order valence-electron chi connectivity index (χ3n) is 2.19. The van der Waals surface area contributed by atoms with Crippen LogP contribution in [0.3, 0.4) is 0 Å². The van der Waals surface area contributed by atoms with Crippen molar-refractivity contribution in [2.45, 2.75) is 6.54 Å². The highest BCUT2D eigenvalue weighted by Crippen LogP contribution is 2.21. The van der Waals surface area contributed by atoms with E-state index in [9.17, 15) is 8.42 Å². The molecule has 4 nitrogen and oxygen atoms in total. The van der Waals surface area contributed by atoms with Gasteiger partial charge in [-0.25, -0.2) is 0 Å². The van der Waals surface area contributed by atoms with Crippen LogP contribution in [0.4, 0.5) is 0 Å². The molecule has 0 aliphatic carbocycles. The minimum atomic E-state index is -3.53. The van der Waals surface area contributed by atoms with Gasteiger partial charge in [0, 0.05) is 18.1 Å². The Morgan fingerprint density at radius 1 is 1.40 bits per heavy atom. The van der Waals surface area contributed by atoms with E-state index in [2.05, 4.69) is 4.18 Å². The largest absolute Gasteiger partial charge is 0.338 e. The number of benzene rings is 1. The summed E-state index contributed by atoms with van der Waals surface area (Å²) in [7, 11) is -3.53. The summed E-state index contributed by atoms with van der Waals surface area (Å²) < 4.78 is 28.6. The smallest absolute Gasteiger partial charge is 0.257 e. The molecule has 1 aromatic rings. The minimum Gasteiger partial charge on any atom is -0.257 e. The van der Waals surface area contributed by atoms with Crippen molar-refractivity contribution in [1.82, 2.24) is 4.31 Å². The highest BCUT2D eigenvalue weighted by atomic mass is 35.5. The van der Waals surface area contributed by atoms with Crippen molar-refractivity contribution in [3.63, 3.8) is 0 Å². The molecule has 1 aromatic carbocycles. The van der Waals surface area contributed by atoms with Crippen LogP contribution in [0.5, 0.6) is 0 Å². The molecule has 1 aliphatic rings. The zero-order valence-electron chi connectivity index (χ0n) is 7.89. The molecular formula is C9H10ClNO3S. The molecule has 0 saturated carbocycles. The Labute approximate surface area is 93.7 Å². The number of nitrogens with zero attached hydrogens (tertiary/aromatic N) is 1. The third-order valence-corrected chi connectivity index (χ3v) is 3.97. The molecule has 1 saturated heterocycles. The van der Waals surface area contributed by atoms with Gasteiger partial charge in [0.2, 0.25) is 0 Å². The van der Waals surface area contributed by atoms with Gasteiger partial charge in [0.15, 0.2) is 0 Å². The van der Waals surface area contributed by atoms with Crippen molar-refractivity contribution < 1.29 is 12.6 Å². The standard InChI is InChI=1S/C9H10ClNO3S/c10-9-4-2-1-3-8(9)7-11-5-6-14-15(11,12)13/h1-4H,5-7H2. The molecule has 15 heavy (non-hydrogen) atoms. The summed E-state index contributed by atoms with van der Waals surface area (Å²) in [6.45, 7) is 0.863. The molecule has 1 fully saturated rings. The first-order valence-electron chi connectivity index (χ1n) is 4.47. The third kappa shape index (κ3) is 2.31. The van der Waals surface area contributed by atoms with Gasteiger partial charge in [-0.05, 0) is 11.6 Å². The average Bonchev–Trinajstić information content (AvgIpc) is 2.50. The minimum absolute atomic E-state index is 0.215. The Bertz CT molecular complexity index is 460. The summed E-state index contributed by atoms with van der Waals surface area (Å²) in [5.41, 5.74) is 0.785. The highest BCUT2D eigenvalue weighted by Gasteiger charge is 2.29. The fourth-order valence-electron chi connectivity index (χ4n) is 1.41. The van der Waals surface area contributed by atoms with Crippen LogP contribution in [0.2, 0.25) is 5.02 Å². The van der Waals surface area contributed by atoms with Crippen LogP contribution in [-0.4, -0.2) is 25.9 Å². The molecule has 2 rings (SSSR count). The maximum atomic E-state index is 11.3. The number of hydrogen-bond acceptors (Lipinski definition) is 3. The first kappa shape index (κ1) is 10.9. The van der Waals surface area contributed by atoms with Crippen molar-refractivity contribution in [3.8, 4) is 0 Å². The zero-order chi connectivity index (χ0) is 10.9. The van der Waals surface area contributed by atoms with Gasteiger partial charge < -0.3 is 0 Å². The van der Waals surface area contributed by atoms with Gasteiger partial charge in [-0.2, -0.15) is 12.7 Å². The summed E-state index contributed by atoms with van der Waals surface area (Å²) in [6, 6.07) is 7.17. The Morgan fingerprint density at radius 3 is 2.73 bits per heavy atom. The number of hydrogen-bond donors (Lipinski definition) is 0. The Kier molecular flexibility index (Phi) is 2.97. The van der Waals surface area contributed by atoms with E-state index in [0.29, 0.717) is 11.6 Å². The van der Waals surface area contributed by atoms with Gasteiger partial charge in [-0.15, -0.1) is 0 Å². The van der Waals surface area contributed by atoms with Crippen molar-refractivity contribution in [1.29, 1.82) is 0 Å². The lowest BCUT2D eigenvalue weighted by atomic mass is 10.2. The van der Waals surface area contributed by atoms with E-state index in [1.165, 1.54) is 4.31 Å². The Hall–Kier alpha value is -0.620. The van der Waals surface area contributed by atoms with Crippen LogP contribution in [-0.2, 0) is 21.0 Å². The second kappa shape index (κ2) is 4.09. The molecule has 0 unspecified atom stereocenters. The van der Waals surface area contributed by atoms with E-state index in [1.807, 2.05) is 6.07 Å². The van der Waals surface area contributed by atoms with E-state index in [4.69, 9.17) is 11.6 Å². The fraction of sp³-hybridized carbons (Fsp3) is 0.333. The van der Waals surface area contributed by atoms with Crippen molar-refractivity contribution in [3.05, 3.63) is 34.9 Å². The maximum Gasteiger partial charge on any atom is 0.338 e. The van der Waals surface area contributed by atoms with Crippen LogP contribution in [0.15, 0.2) is 24.3 Å². The summed E-state index contributed by atoms with van der Waals surface area (Å²) in [5, 5.41) is 0.569. The van der Waals surface area contributed by atoms with Gasteiger partial charge in [0.05, 0.1) is 6.61 Å². The van der Waals surface area contributed by atoms with Crippen LogP contribution < -0.4 is 0 Å². The number of rotatable bonds is 2. The molecule has 6 heteroatoms. The van der Waals surface area contributed by atoms with Crippen molar-refractivity contribution in [2.75, 3.05) is 13.2 Å². The quantitative estimate of drug-likeness (QED) is 0.794. The summed E-state index contributed by atoms with van der Waals surface area (Å²) in [5.74, 6) is 0. The summed E-state index contributed by atoms with van der Waals surface area (Å²) >= 11 is 5.93. The molecule has 1 aliphatic heterocycles. The normalized spacial score (nSPS) is 20.6. The van der Waals surface area contributed by atoms with Gasteiger partial charge in [0.1, 0.15) is 0 Å². The lowest BCUT2D eigenvalue weighted by Gasteiger charge is -2.12. The van der Waals surface area contributed by atoms with Crippen LogP contribution in [0.1, 0.15) is 5.56 Å². The van der Waals surface area contributed by atoms with E-state index in [-0.39, 0.29) is 13.2 Å². The van der Waals surface area contributed by atoms with Gasteiger partial charge in [0.25, 0.3) is 0 Å². The lowest BCUT2D eigenvalue weighted by Crippen LogP contribution is -2.24. The second-order valence-corrected chi connectivity index (χ2v) is 5.22. The SMILES string of the molecule is O=S1(=O)OCCN1Cc1ccccc1Cl. The molecule has 0 aromatic heterocycles. The molecule has 0 N–H and O–H groups in total. The monoisotopic (exact) mass is 247 g/mol. The fourth-order valence-corrected chi connectivity index (χ4v) is 2.63. The highest BCUT2D eigenvalue weighted by molar-refractivity contribution is 7.84. The topological polar surface area (TPSA) is 46.6 Å². The van der Waals surface area contributed by atoms with E-state index in [0.717, 1.165) is 5.56 Å². The molecule has 0 spiro atoms. The first-order chi connectivity index (χ1) is 7.09. The van der Waals surface area contributed by atoms with E-state index >= 15 is 0 Å². The van der Waals surface area contributed by atoms with Gasteiger partial charge in [-0.1, -0.05) is 29.8 Å². The molecule has 0 radical (unpaired) electrons. The van der Waals surface area contributed by atoms with Crippen LogP contribution in [0, 0.1) is 0 Å². The number of halogens is 1. The molecule has 0 bridgehead atoms. The predicted molar refractivity (Wildman–Crippen MR) is 56.7 cm³/mol. The average molecular weight is 248 g/mol. The molecule has 0 amide bonds. The van der Waals surface area contributed by atoms with Gasteiger partial charge in [-0.3, -0.25) is 4.18 Å². The molecule has 1 heterocycles. The van der Waals surface area contributed by atoms with Crippen LogP contribution in [0.25, 0.3) is 0 Å². The summed E-state index contributed by atoms with van der Waals surface area (Å²) in [6.07, 6.45) is 0. The molecule has 82 valence electrons. The van der Waals surface area contributed by atoms with E-state index < -0.39 is 10.3 Å². The Balaban J connectivity index is 2.20. The van der Waals surface area contributed by atoms with E-state index in [1.54, 1.807) is 18.2 Å². The lowest BCUT2D eigenvalue weighted by molar-refractivity contribution is 0.362. The molecular weight excluding hydrogens is 238 g/mol. The Morgan fingerprint density at radius 2 is 2.13 bits per heavy atom. The first-order valence-corrected chi connectivity index (χ1v) is 6.22.